The van der Waals surface area contributed by atoms with Crippen LogP contribution in [0.3, 0.4) is 0 Å². The number of hydrogen-bond donors (Lipinski definition) is 1. The van der Waals surface area contributed by atoms with Crippen molar-refractivity contribution in [3.8, 4) is 17.1 Å². The van der Waals surface area contributed by atoms with E-state index >= 15 is 0 Å². The van der Waals surface area contributed by atoms with Crippen LogP contribution in [0, 0.1) is 0 Å². The molecule has 5 rings (SSSR count). The molecule has 2 aromatic carbocycles. The Morgan fingerprint density at radius 2 is 1.75 bits per heavy atom. The molecule has 0 saturated carbocycles. The first kappa shape index (κ1) is 17.2. The third kappa shape index (κ3) is 2.92. The van der Waals surface area contributed by atoms with Gasteiger partial charge in [-0.1, -0.05) is 30.3 Å². The molecule has 0 unspecified atom stereocenters. The molecule has 0 fully saturated rings. The van der Waals surface area contributed by atoms with Gasteiger partial charge in [0, 0.05) is 10.4 Å². The molecule has 2 heterocycles. The minimum Gasteiger partial charge on any atom is -0.508 e. The summed E-state index contributed by atoms with van der Waals surface area (Å²) >= 11 is 1.67. The van der Waals surface area contributed by atoms with Gasteiger partial charge in [-0.15, -0.1) is 11.3 Å². The zero-order valence-electron chi connectivity index (χ0n) is 15.4. The molecule has 1 aliphatic carbocycles. The molecule has 140 valence electrons. The standard InChI is InChI=1S/C23H20N2O2S/c26-17-12-10-16(11-13-17)21-24-22-20(18-8-4-5-9-19(18)28-22)23(27)25(21)14-15-6-2-1-3-7-15/h1-3,6-7,10-13,26H,4-5,8-9,14H2. The molecule has 0 atom stereocenters. The van der Waals surface area contributed by atoms with Crippen LogP contribution in [0.4, 0.5) is 0 Å². The summed E-state index contributed by atoms with van der Waals surface area (Å²) in [5, 5.41) is 10.5. The molecule has 2 aromatic heterocycles. The molecule has 0 saturated heterocycles. The molecule has 4 nitrogen and oxygen atoms in total. The second kappa shape index (κ2) is 6.91. The summed E-state index contributed by atoms with van der Waals surface area (Å²) in [6.07, 6.45) is 4.33. The Kier molecular flexibility index (Phi) is 4.24. The van der Waals surface area contributed by atoms with E-state index in [0.717, 1.165) is 40.6 Å². The predicted octanol–water partition coefficient (Wildman–Crippen LogP) is 4.76. The number of phenolic OH excluding ortho intramolecular Hbond substituents is 1. The molecular weight excluding hydrogens is 368 g/mol. The summed E-state index contributed by atoms with van der Waals surface area (Å²) < 4.78 is 1.78. The van der Waals surface area contributed by atoms with Crippen molar-refractivity contribution in [2.75, 3.05) is 0 Å². The minimum absolute atomic E-state index is 0.0383. The number of thiophene rings is 1. The number of aromatic nitrogens is 2. The maximum atomic E-state index is 13.6. The maximum Gasteiger partial charge on any atom is 0.263 e. The van der Waals surface area contributed by atoms with Crippen LogP contribution in [0.15, 0.2) is 59.4 Å². The Hall–Kier alpha value is -2.92. The number of aromatic hydroxyl groups is 1. The van der Waals surface area contributed by atoms with Gasteiger partial charge in [0.15, 0.2) is 0 Å². The van der Waals surface area contributed by atoms with Crippen LogP contribution in [0.2, 0.25) is 0 Å². The zero-order valence-corrected chi connectivity index (χ0v) is 16.2. The first-order chi connectivity index (χ1) is 13.7. The lowest BCUT2D eigenvalue weighted by Gasteiger charge is -2.14. The summed E-state index contributed by atoms with van der Waals surface area (Å²) in [6.45, 7) is 0.476. The number of nitrogens with zero attached hydrogens (tertiary/aromatic N) is 2. The van der Waals surface area contributed by atoms with Gasteiger partial charge in [0.05, 0.1) is 11.9 Å². The normalized spacial score (nSPS) is 13.6. The molecule has 4 aromatic rings. The summed E-state index contributed by atoms with van der Waals surface area (Å²) in [5.74, 6) is 0.855. The monoisotopic (exact) mass is 388 g/mol. The first-order valence-electron chi connectivity index (χ1n) is 9.59. The molecular formula is C23H20N2O2S. The van der Waals surface area contributed by atoms with E-state index < -0.39 is 0 Å². The van der Waals surface area contributed by atoms with Crippen LogP contribution < -0.4 is 5.56 Å². The summed E-state index contributed by atoms with van der Waals surface area (Å²) in [6, 6.07) is 16.9. The van der Waals surface area contributed by atoms with Crippen molar-refractivity contribution in [1.29, 1.82) is 0 Å². The van der Waals surface area contributed by atoms with E-state index in [4.69, 9.17) is 4.98 Å². The highest BCUT2D eigenvalue weighted by molar-refractivity contribution is 7.18. The van der Waals surface area contributed by atoms with Crippen molar-refractivity contribution in [3.05, 3.63) is 81.0 Å². The van der Waals surface area contributed by atoms with Gasteiger partial charge in [0.25, 0.3) is 5.56 Å². The van der Waals surface area contributed by atoms with E-state index in [-0.39, 0.29) is 11.3 Å². The lowest BCUT2D eigenvalue weighted by molar-refractivity contribution is 0.475. The minimum atomic E-state index is 0.0383. The highest BCUT2D eigenvalue weighted by atomic mass is 32.1. The average molecular weight is 388 g/mol. The van der Waals surface area contributed by atoms with Crippen LogP contribution >= 0.6 is 11.3 Å². The summed E-state index contributed by atoms with van der Waals surface area (Å²) in [5.41, 5.74) is 3.15. The van der Waals surface area contributed by atoms with E-state index in [1.807, 2.05) is 42.5 Å². The van der Waals surface area contributed by atoms with E-state index in [1.54, 1.807) is 28.0 Å². The topological polar surface area (TPSA) is 55.1 Å². The first-order valence-corrected chi connectivity index (χ1v) is 10.4. The Balaban J connectivity index is 1.77. The largest absolute Gasteiger partial charge is 0.508 e. The number of rotatable bonds is 3. The van der Waals surface area contributed by atoms with Gasteiger partial charge in [0.1, 0.15) is 16.4 Å². The van der Waals surface area contributed by atoms with Crippen LogP contribution in [0.25, 0.3) is 21.6 Å². The SMILES string of the molecule is O=c1c2c3c(sc2nc(-c2ccc(O)cc2)n1Cc1ccccc1)CCCC3. The van der Waals surface area contributed by atoms with Crippen molar-refractivity contribution >= 4 is 21.6 Å². The fourth-order valence-corrected chi connectivity index (χ4v) is 5.23. The van der Waals surface area contributed by atoms with Gasteiger partial charge in [0.2, 0.25) is 0 Å². The predicted molar refractivity (Wildman–Crippen MR) is 113 cm³/mol. The summed E-state index contributed by atoms with van der Waals surface area (Å²) in [7, 11) is 0. The Morgan fingerprint density at radius 1 is 1.00 bits per heavy atom. The van der Waals surface area contributed by atoms with E-state index in [9.17, 15) is 9.90 Å². The average Bonchev–Trinajstić information content (AvgIpc) is 3.10. The van der Waals surface area contributed by atoms with Crippen molar-refractivity contribution in [2.45, 2.75) is 32.2 Å². The lowest BCUT2D eigenvalue weighted by Crippen LogP contribution is -2.24. The van der Waals surface area contributed by atoms with Gasteiger partial charge < -0.3 is 5.11 Å². The van der Waals surface area contributed by atoms with Crippen LogP contribution in [0.1, 0.15) is 28.8 Å². The molecule has 5 heteroatoms. The van der Waals surface area contributed by atoms with Gasteiger partial charge in [-0.3, -0.25) is 9.36 Å². The Morgan fingerprint density at radius 3 is 2.54 bits per heavy atom. The number of hydrogen-bond acceptors (Lipinski definition) is 4. The Bertz CT molecular complexity index is 1210. The van der Waals surface area contributed by atoms with Gasteiger partial charge in [-0.05, 0) is 61.1 Å². The van der Waals surface area contributed by atoms with E-state index in [1.165, 1.54) is 16.9 Å². The van der Waals surface area contributed by atoms with Gasteiger partial charge in [-0.2, -0.15) is 0 Å². The third-order valence-corrected chi connectivity index (χ3v) is 6.57. The molecule has 0 bridgehead atoms. The molecule has 28 heavy (non-hydrogen) atoms. The quantitative estimate of drug-likeness (QED) is 0.551. The maximum absolute atomic E-state index is 13.6. The number of benzene rings is 2. The van der Waals surface area contributed by atoms with Crippen molar-refractivity contribution in [1.82, 2.24) is 9.55 Å². The molecule has 0 aliphatic heterocycles. The second-order valence-corrected chi connectivity index (χ2v) is 8.33. The van der Waals surface area contributed by atoms with E-state index in [2.05, 4.69) is 0 Å². The second-order valence-electron chi connectivity index (χ2n) is 7.25. The van der Waals surface area contributed by atoms with Crippen LogP contribution in [0.5, 0.6) is 5.75 Å². The van der Waals surface area contributed by atoms with E-state index in [0.29, 0.717) is 12.4 Å². The van der Waals surface area contributed by atoms with Crippen LogP contribution in [-0.4, -0.2) is 14.7 Å². The fraction of sp³-hybridized carbons (Fsp3) is 0.217. The van der Waals surface area contributed by atoms with Crippen molar-refractivity contribution < 1.29 is 5.11 Å². The summed E-state index contributed by atoms with van der Waals surface area (Å²) in [4.78, 5) is 20.7. The number of aryl methyl sites for hydroxylation is 2. The number of fused-ring (bicyclic) bond motifs is 3. The highest BCUT2D eigenvalue weighted by Gasteiger charge is 2.22. The molecule has 1 aliphatic rings. The highest BCUT2D eigenvalue weighted by Crippen LogP contribution is 2.35. The third-order valence-electron chi connectivity index (χ3n) is 5.38. The number of phenols is 1. The lowest BCUT2D eigenvalue weighted by atomic mass is 9.97. The molecule has 1 N–H and O–H groups in total. The zero-order chi connectivity index (χ0) is 19.1. The Labute approximate surface area is 166 Å². The van der Waals surface area contributed by atoms with Gasteiger partial charge >= 0.3 is 0 Å². The van der Waals surface area contributed by atoms with Crippen molar-refractivity contribution in [3.63, 3.8) is 0 Å². The van der Waals surface area contributed by atoms with Gasteiger partial charge in [-0.25, -0.2) is 4.98 Å². The smallest absolute Gasteiger partial charge is 0.263 e. The fourth-order valence-electron chi connectivity index (χ4n) is 3.98. The van der Waals surface area contributed by atoms with Crippen LogP contribution in [-0.2, 0) is 19.4 Å². The molecule has 0 amide bonds. The molecule has 0 spiro atoms. The van der Waals surface area contributed by atoms with Crippen molar-refractivity contribution in [2.24, 2.45) is 0 Å². The molecule has 0 radical (unpaired) electrons.